The van der Waals surface area contributed by atoms with E-state index in [0.717, 1.165) is 6.42 Å². The number of ether oxygens (including phenoxy) is 1. The Bertz CT molecular complexity index is 490. The van der Waals surface area contributed by atoms with E-state index in [1.165, 1.54) is 12.1 Å². The Labute approximate surface area is 133 Å². The number of hydrogen-bond donors (Lipinski definition) is 3. The number of carbonyl (C=O) groups is 1. The van der Waals surface area contributed by atoms with Crippen LogP contribution in [0.3, 0.4) is 0 Å². The maximum atomic E-state index is 12.1. The Morgan fingerprint density at radius 2 is 1.73 bits per heavy atom. The second-order valence-electron chi connectivity index (χ2n) is 7.47. The lowest BCUT2D eigenvalue weighted by Gasteiger charge is -2.33. The minimum absolute atomic E-state index is 0.130. The van der Waals surface area contributed by atoms with Crippen LogP contribution in [0, 0.1) is 5.41 Å². The van der Waals surface area contributed by atoms with Crippen LogP contribution in [0.2, 0.25) is 0 Å². The topological polar surface area (TPSA) is 70.6 Å². The fraction of sp³-hybridized carbons (Fsp3) is 0.588. The molecule has 0 radical (unpaired) electrons. The molecule has 0 aromatic heterocycles. The lowest BCUT2D eigenvalue weighted by atomic mass is 9.82. The Morgan fingerprint density at radius 3 is 2.23 bits per heavy atom. The van der Waals surface area contributed by atoms with Crippen LogP contribution >= 0.6 is 0 Å². The van der Waals surface area contributed by atoms with Crippen molar-refractivity contribution in [3.8, 4) is 11.5 Å². The summed E-state index contributed by atoms with van der Waals surface area (Å²) in [5.74, 6) is 0.759. The van der Waals surface area contributed by atoms with Gasteiger partial charge in [-0.1, -0.05) is 20.8 Å². The number of aromatic hydroxyl groups is 1. The van der Waals surface area contributed by atoms with E-state index in [-0.39, 0.29) is 22.7 Å². The molecule has 0 spiro atoms. The number of urea groups is 1. The first kappa shape index (κ1) is 18.1. The van der Waals surface area contributed by atoms with Crippen molar-refractivity contribution >= 4 is 6.03 Å². The normalized spacial score (nSPS) is 13.4. The van der Waals surface area contributed by atoms with Crippen molar-refractivity contribution in [2.45, 2.75) is 59.7 Å². The molecule has 0 aliphatic rings. The molecule has 0 saturated carbocycles. The maximum absolute atomic E-state index is 12.1. The number of phenols is 1. The molecule has 1 rings (SSSR count). The highest BCUT2D eigenvalue weighted by Gasteiger charge is 2.27. The second kappa shape index (κ2) is 6.90. The zero-order valence-corrected chi connectivity index (χ0v) is 14.4. The van der Waals surface area contributed by atoms with Gasteiger partial charge in [0.2, 0.25) is 0 Å². The molecule has 0 fully saturated rings. The molecule has 1 unspecified atom stereocenters. The lowest BCUT2D eigenvalue weighted by Crippen LogP contribution is -2.52. The van der Waals surface area contributed by atoms with Crippen molar-refractivity contribution < 1.29 is 14.6 Å². The summed E-state index contributed by atoms with van der Waals surface area (Å²) in [5.41, 5.74) is -0.175. The smallest absolute Gasteiger partial charge is 0.318 e. The van der Waals surface area contributed by atoms with E-state index in [4.69, 9.17) is 4.74 Å². The Kier molecular flexibility index (Phi) is 5.69. The summed E-state index contributed by atoms with van der Waals surface area (Å²) in [6.45, 7) is 12.2. The van der Waals surface area contributed by atoms with Crippen molar-refractivity contribution in [1.29, 1.82) is 0 Å². The standard InChI is InChI=1S/C17H28N2O3/c1-12(22-14-9-7-13(20)8-10-14)18-15(21)19-17(5,6)11-16(2,3)4/h7-10,12,20H,11H2,1-6H3,(H2,18,19,21). The van der Waals surface area contributed by atoms with Crippen molar-refractivity contribution in [1.82, 2.24) is 10.6 Å². The molecule has 1 aromatic carbocycles. The fourth-order valence-corrected chi connectivity index (χ4v) is 2.66. The van der Waals surface area contributed by atoms with Gasteiger partial charge in [-0.05, 0) is 56.9 Å². The minimum atomic E-state index is -0.477. The third-order valence-electron chi connectivity index (χ3n) is 2.91. The third-order valence-corrected chi connectivity index (χ3v) is 2.91. The molecule has 22 heavy (non-hydrogen) atoms. The number of rotatable bonds is 5. The monoisotopic (exact) mass is 308 g/mol. The highest BCUT2D eigenvalue weighted by atomic mass is 16.5. The first-order valence-electron chi connectivity index (χ1n) is 7.51. The molecule has 0 aliphatic heterocycles. The molecule has 5 heteroatoms. The summed E-state index contributed by atoms with van der Waals surface area (Å²) >= 11 is 0. The summed E-state index contributed by atoms with van der Waals surface area (Å²) in [4.78, 5) is 12.1. The van der Waals surface area contributed by atoms with Crippen LogP contribution in [0.4, 0.5) is 4.79 Å². The highest BCUT2D eigenvalue weighted by Crippen LogP contribution is 2.26. The molecule has 1 aromatic rings. The van der Waals surface area contributed by atoms with Gasteiger partial charge >= 0.3 is 6.03 Å². The molecule has 3 N–H and O–H groups in total. The van der Waals surface area contributed by atoms with Gasteiger partial charge in [0.15, 0.2) is 6.23 Å². The van der Waals surface area contributed by atoms with Gasteiger partial charge in [0, 0.05) is 5.54 Å². The number of nitrogens with one attached hydrogen (secondary N) is 2. The predicted molar refractivity (Wildman–Crippen MR) is 88.0 cm³/mol. The van der Waals surface area contributed by atoms with E-state index in [1.807, 2.05) is 13.8 Å². The van der Waals surface area contributed by atoms with E-state index in [0.29, 0.717) is 5.75 Å². The van der Waals surface area contributed by atoms with Gasteiger partial charge < -0.3 is 20.5 Å². The molecule has 0 heterocycles. The summed E-state index contributed by atoms with van der Waals surface area (Å²) in [5, 5.41) is 14.9. The number of benzene rings is 1. The Morgan fingerprint density at radius 1 is 1.18 bits per heavy atom. The maximum Gasteiger partial charge on any atom is 0.318 e. The molecule has 0 aliphatic carbocycles. The molecule has 0 saturated heterocycles. The number of phenolic OH excluding ortho intramolecular Hbond substituents is 1. The first-order valence-corrected chi connectivity index (χ1v) is 7.51. The SMILES string of the molecule is CC(NC(=O)NC(C)(C)CC(C)(C)C)Oc1ccc(O)cc1. The molecule has 1 atom stereocenters. The molecule has 0 bridgehead atoms. The Balaban J connectivity index is 2.48. The van der Waals surface area contributed by atoms with Crippen LogP contribution in [0.15, 0.2) is 24.3 Å². The summed E-state index contributed by atoms with van der Waals surface area (Å²) in [6, 6.07) is 6.10. The van der Waals surface area contributed by atoms with Crippen LogP contribution in [-0.4, -0.2) is 22.9 Å². The first-order chi connectivity index (χ1) is 9.97. The fourth-order valence-electron chi connectivity index (χ4n) is 2.66. The molecule has 5 nitrogen and oxygen atoms in total. The quantitative estimate of drug-likeness (QED) is 0.727. The van der Waals surface area contributed by atoms with Gasteiger partial charge in [-0.3, -0.25) is 0 Å². The third kappa shape index (κ3) is 7.20. The highest BCUT2D eigenvalue weighted by molar-refractivity contribution is 5.74. The largest absolute Gasteiger partial charge is 0.508 e. The average Bonchev–Trinajstić information content (AvgIpc) is 2.27. The minimum Gasteiger partial charge on any atom is -0.508 e. The van der Waals surface area contributed by atoms with Crippen LogP contribution in [0.5, 0.6) is 11.5 Å². The molecular weight excluding hydrogens is 280 g/mol. The zero-order valence-electron chi connectivity index (χ0n) is 14.4. The second-order valence-corrected chi connectivity index (χ2v) is 7.47. The number of hydrogen-bond acceptors (Lipinski definition) is 3. The van der Waals surface area contributed by atoms with E-state index >= 15 is 0 Å². The van der Waals surface area contributed by atoms with Gasteiger partial charge in [-0.15, -0.1) is 0 Å². The van der Waals surface area contributed by atoms with Gasteiger partial charge in [0.1, 0.15) is 11.5 Å². The van der Waals surface area contributed by atoms with E-state index < -0.39 is 6.23 Å². The van der Waals surface area contributed by atoms with Gasteiger partial charge in [-0.25, -0.2) is 4.79 Å². The summed E-state index contributed by atoms with van der Waals surface area (Å²) in [7, 11) is 0. The van der Waals surface area contributed by atoms with E-state index in [9.17, 15) is 9.90 Å². The van der Waals surface area contributed by atoms with Crippen molar-refractivity contribution in [3.63, 3.8) is 0 Å². The predicted octanol–water partition coefficient (Wildman–Crippen LogP) is 3.63. The van der Waals surface area contributed by atoms with E-state index in [2.05, 4.69) is 31.4 Å². The van der Waals surface area contributed by atoms with Crippen LogP contribution in [0.25, 0.3) is 0 Å². The number of amides is 2. The molecular formula is C17H28N2O3. The van der Waals surface area contributed by atoms with Crippen molar-refractivity contribution in [2.24, 2.45) is 5.41 Å². The van der Waals surface area contributed by atoms with Crippen LogP contribution in [-0.2, 0) is 0 Å². The van der Waals surface area contributed by atoms with Gasteiger partial charge in [0.25, 0.3) is 0 Å². The molecule has 124 valence electrons. The van der Waals surface area contributed by atoms with Gasteiger partial charge in [-0.2, -0.15) is 0 Å². The number of carbonyl (C=O) groups excluding carboxylic acids is 1. The summed E-state index contributed by atoms with van der Waals surface area (Å²) < 4.78 is 5.57. The average molecular weight is 308 g/mol. The van der Waals surface area contributed by atoms with Crippen molar-refractivity contribution in [3.05, 3.63) is 24.3 Å². The van der Waals surface area contributed by atoms with Crippen LogP contribution in [0.1, 0.15) is 48.0 Å². The van der Waals surface area contributed by atoms with Crippen LogP contribution < -0.4 is 15.4 Å². The van der Waals surface area contributed by atoms with Crippen molar-refractivity contribution in [2.75, 3.05) is 0 Å². The van der Waals surface area contributed by atoms with Gasteiger partial charge in [0.05, 0.1) is 0 Å². The lowest BCUT2D eigenvalue weighted by molar-refractivity contribution is 0.166. The summed E-state index contributed by atoms with van der Waals surface area (Å²) in [6.07, 6.45) is 0.385. The molecule has 2 amide bonds. The zero-order chi connectivity index (χ0) is 17.0. The Hall–Kier alpha value is -1.91. The van der Waals surface area contributed by atoms with E-state index in [1.54, 1.807) is 19.1 Å².